The minimum Gasteiger partial charge on any atom is -0.452 e. The highest BCUT2D eigenvalue weighted by atomic mass is 16.6. The molecule has 2 amide bonds. The van der Waals surface area contributed by atoms with Gasteiger partial charge in [0.05, 0.1) is 5.56 Å². The van der Waals surface area contributed by atoms with Crippen molar-refractivity contribution in [2.75, 3.05) is 17.2 Å². The molecule has 0 bridgehead atoms. The SMILES string of the molecule is Cc1cc(C)c(NC(=O)COC(=O)c2ccc(NC(=O)OC(C)(C)C)cc2)c(C)c1. The fourth-order valence-electron chi connectivity index (χ4n) is 2.88. The van der Waals surface area contributed by atoms with Crippen LogP contribution >= 0.6 is 0 Å². The van der Waals surface area contributed by atoms with Crippen LogP contribution < -0.4 is 10.6 Å². The number of ether oxygens (including phenoxy) is 2. The monoisotopic (exact) mass is 412 g/mol. The van der Waals surface area contributed by atoms with Crippen LogP contribution in [0.25, 0.3) is 0 Å². The first-order chi connectivity index (χ1) is 13.9. The molecule has 30 heavy (non-hydrogen) atoms. The Morgan fingerprint density at radius 3 is 2.00 bits per heavy atom. The summed E-state index contributed by atoms with van der Waals surface area (Å²) >= 11 is 0. The zero-order valence-electron chi connectivity index (χ0n) is 18.2. The lowest BCUT2D eigenvalue weighted by molar-refractivity contribution is -0.119. The molecule has 7 nitrogen and oxygen atoms in total. The number of hydrogen-bond acceptors (Lipinski definition) is 5. The van der Waals surface area contributed by atoms with Gasteiger partial charge < -0.3 is 14.8 Å². The summed E-state index contributed by atoms with van der Waals surface area (Å²) in [6.45, 7) is 10.7. The first kappa shape index (κ1) is 22.9. The third-order valence-electron chi connectivity index (χ3n) is 4.04. The number of amides is 2. The molecule has 2 rings (SSSR count). The van der Waals surface area contributed by atoms with Crippen molar-refractivity contribution in [3.8, 4) is 0 Å². The van der Waals surface area contributed by atoms with Crippen molar-refractivity contribution in [3.63, 3.8) is 0 Å². The average Bonchev–Trinajstić information content (AvgIpc) is 2.61. The number of rotatable bonds is 5. The van der Waals surface area contributed by atoms with E-state index in [-0.39, 0.29) is 5.56 Å². The van der Waals surface area contributed by atoms with Crippen molar-refractivity contribution in [2.45, 2.75) is 47.1 Å². The fourth-order valence-corrected chi connectivity index (χ4v) is 2.88. The molecule has 0 spiro atoms. The van der Waals surface area contributed by atoms with Crippen molar-refractivity contribution in [3.05, 3.63) is 58.7 Å². The second-order valence-corrected chi connectivity index (χ2v) is 8.10. The number of carbonyl (C=O) groups excluding carboxylic acids is 3. The zero-order valence-corrected chi connectivity index (χ0v) is 18.2. The Morgan fingerprint density at radius 1 is 0.900 bits per heavy atom. The van der Waals surface area contributed by atoms with Gasteiger partial charge in [0, 0.05) is 11.4 Å². The summed E-state index contributed by atoms with van der Waals surface area (Å²) in [7, 11) is 0. The van der Waals surface area contributed by atoms with Gasteiger partial charge in [0.25, 0.3) is 5.91 Å². The molecule has 0 fully saturated rings. The van der Waals surface area contributed by atoms with Gasteiger partial charge in [-0.1, -0.05) is 17.7 Å². The highest BCUT2D eigenvalue weighted by Gasteiger charge is 2.17. The predicted octanol–water partition coefficient (Wildman–Crippen LogP) is 4.75. The molecule has 0 saturated carbocycles. The van der Waals surface area contributed by atoms with E-state index in [2.05, 4.69) is 10.6 Å². The summed E-state index contributed by atoms with van der Waals surface area (Å²) < 4.78 is 10.3. The minimum atomic E-state index is -0.633. The lowest BCUT2D eigenvalue weighted by atomic mass is 10.1. The van der Waals surface area contributed by atoms with Gasteiger partial charge in [0.15, 0.2) is 6.61 Å². The summed E-state index contributed by atoms with van der Waals surface area (Å²) in [5.74, 6) is -1.05. The Labute approximate surface area is 176 Å². The van der Waals surface area contributed by atoms with E-state index in [4.69, 9.17) is 9.47 Å². The first-order valence-corrected chi connectivity index (χ1v) is 9.59. The maximum Gasteiger partial charge on any atom is 0.412 e. The molecular formula is C23H28N2O5. The van der Waals surface area contributed by atoms with Gasteiger partial charge in [0.2, 0.25) is 0 Å². The van der Waals surface area contributed by atoms with Gasteiger partial charge in [-0.05, 0) is 76.9 Å². The summed E-state index contributed by atoms with van der Waals surface area (Å²) in [5, 5.41) is 5.36. The Hall–Kier alpha value is -3.35. The maximum atomic E-state index is 12.2. The van der Waals surface area contributed by atoms with Crippen molar-refractivity contribution in [1.82, 2.24) is 0 Å². The van der Waals surface area contributed by atoms with E-state index in [9.17, 15) is 14.4 Å². The maximum absolute atomic E-state index is 12.2. The summed E-state index contributed by atoms with van der Waals surface area (Å²) in [6.07, 6.45) is -0.587. The zero-order chi connectivity index (χ0) is 22.5. The molecule has 0 radical (unpaired) electrons. The normalized spacial score (nSPS) is 10.9. The number of benzene rings is 2. The summed E-state index contributed by atoms with van der Waals surface area (Å²) in [4.78, 5) is 36.1. The van der Waals surface area contributed by atoms with Gasteiger partial charge in [-0.15, -0.1) is 0 Å². The Balaban J connectivity index is 1.89. The molecule has 2 aromatic carbocycles. The van der Waals surface area contributed by atoms with Crippen molar-refractivity contribution >= 4 is 29.3 Å². The average molecular weight is 412 g/mol. The molecule has 0 unspecified atom stereocenters. The van der Waals surface area contributed by atoms with E-state index < -0.39 is 30.2 Å². The molecule has 2 aromatic rings. The summed E-state index contributed by atoms with van der Waals surface area (Å²) in [5.41, 5.74) is 3.85. The second kappa shape index (κ2) is 9.43. The van der Waals surface area contributed by atoms with Gasteiger partial charge in [-0.2, -0.15) is 0 Å². The van der Waals surface area contributed by atoms with Crippen LogP contribution in [0.3, 0.4) is 0 Å². The third kappa shape index (κ3) is 6.92. The second-order valence-electron chi connectivity index (χ2n) is 8.10. The molecule has 0 saturated heterocycles. The number of anilines is 2. The van der Waals surface area contributed by atoms with Crippen molar-refractivity contribution < 1.29 is 23.9 Å². The van der Waals surface area contributed by atoms with Crippen LogP contribution in [0.4, 0.5) is 16.2 Å². The van der Waals surface area contributed by atoms with E-state index in [1.807, 2.05) is 32.9 Å². The quantitative estimate of drug-likeness (QED) is 0.691. The molecule has 0 aliphatic rings. The smallest absolute Gasteiger partial charge is 0.412 e. The van der Waals surface area contributed by atoms with Crippen LogP contribution in [0.2, 0.25) is 0 Å². The number of hydrogen-bond donors (Lipinski definition) is 2. The molecule has 0 aliphatic carbocycles. The molecule has 160 valence electrons. The number of nitrogens with one attached hydrogen (secondary N) is 2. The van der Waals surface area contributed by atoms with Gasteiger partial charge in [0.1, 0.15) is 5.60 Å². The van der Waals surface area contributed by atoms with Crippen LogP contribution in [0, 0.1) is 20.8 Å². The highest BCUT2D eigenvalue weighted by molar-refractivity contribution is 5.96. The van der Waals surface area contributed by atoms with Crippen molar-refractivity contribution in [1.29, 1.82) is 0 Å². The number of carbonyl (C=O) groups is 3. The van der Waals surface area contributed by atoms with Crippen LogP contribution in [0.15, 0.2) is 36.4 Å². The summed E-state index contributed by atoms with van der Waals surface area (Å²) in [6, 6.07) is 10.1. The van der Waals surface area contributed by atoms with E-state index in [0.717, 1.165) is 22.4 Å². The van der Waals surface area contributed by atoms with E-state index >= 15 is 0 Å². The van der Waals surface area contributed by atoms with Gasteiger partial charge in [-0.3, -0.25) is 10.1 Å². The predicted molar refractivity (Wildman–Crippen MR) is 116 cm³/mol. The molecule has 0 atom stereocenters. The lowest BCUT2D eigenvalue weighted by Gasteiger charge is -2.19. The van der Waals surface area contributed by atoms with Crippen LogP contribution in [0.1, 0.15) is 47.8 Å². The number of aryl methyl sites for hydroxylation is 3. The minimum absolute atomic E-state index is 0.264. The topological polar surface area (TPSA) is 93.7 Å². The molecule has 0 aliphatic heterocycles. The largest absolute Gasteiger partial charge is 0.452 e. The lowest BCUT2D eigenvalue weighted by Crippen LogP contribution is -2.27. The van der Waals surface area contributed by atoms with Crippen molar-refractivity contribution in [2.24, 2.45) is 0 Å². The molecule has 7 heteroatoms. The number of esters is 1. The molecule has 2 N–H and O–H groups in total. The third-order valence-corrected chi connectivity index (χ3v) is 4.04. The van der Waals surface area contributed by atoms with Gasteiger partial charge >= 0.3 is 12.1 Å². The first-order valence-electron chi connectivity index (χ1n) is 9.59. The Morgan fingerprint density at radius 2 is 1.47 bits per heavy atom. The van der Waals surface area contributed by atoms with Crippen LogP contribution in [0.5, 0.6) is 0 Å². The molecule has 0 aromatic heterocycles. The highest BCUT2D eigenvalue weighted by Crippen LogP contribution is 2.22. The molecule has 0 heterocycles. The van der Waals surface area contributed by atoms with E-state index in [1.165, 1.54) is 12.1 Å². The Kier molecular flexibility index (Phi) is 7.21. The fraction of sp³-hybridized carbons (Fsp3) is 0.348. The van der Waals surface area contributed by atoms with Crippen LogP contribution in [-0.4, -0.2) is 30.2 Å². The van der Waals surface area contributed by atoms with Gasteiger partial charge in [-0.25, -0.2) is 9.59 Å². The van der Waals surface area contributed by atoms with E-state index in [1.54, 1.807) is 32.9 Å². The van der Waals surface area contributed by atoms with E-state index in [0.29, 0.717) is 5.69 Å². The molecular weight excluding hydrogens is 384 g/mol. The van der Waals surface area contributed by atoms with Crippen LogP contribution in [-0.2, 0) is 14.3 Å². The Bertz CT molecular complexity index is 920. The standard InChI is InChI=1S/C23H28N2O5/c1-14-11-15(2)20(16(3)12-14)25-19(26)13-29-21(27)17-7-9-18(10-8-17)24-22(28)30-23(4,5)6/h7-12H,13H2,1-6H3,(H,24,28)(H,25,26).